The average Bonchev–Trinajstić information content (AvgIpc) is 1.87. The minimum Gasteiger partial charge on any atom is -0.907 e. The first-order valence-corrected chi connectivity index (χ1v) is 3.18. The van der Waals surface area contributed by atoms with Crippen LogP contribution in [0, 0.1) is 0 Å². The molecular weight excluding hydrogens is 235 g/mol. The number of benzene rings is 1. The Kier molecular flexibility index (Phi) is 32.3. The average molecular weight is 240 g/mol. The van der Waals surface area contributed by atoms with E-state index in [0.29, 0.717) is 0 Å². The number of halogens is 1. The molecule has 1 rings (SSSR count). The van der Waals surface area contributed by atoms with Gasteiger partial charge in [0.05, 0.1) is 0 Å². The summed E-state index contributed by atoms with van der Waals surface area (Å²) in [6.45, 7) is 0. The van der Waals surface area contributed by atoms with Crippen LogP contribution in [0.2, 0.25) is 5.02 Å². The molecule has 0 bridgehead atoms. The summed E-state index contributed by atoms with van der Waals surface area (Å²) in [7, 11) is -2.92. The Labute approximate surface area is 155 Å². The summed E-state index contributed by atoms with van der Waals surface area (Å²) in [6, 6.07) is 9.44. The summed E-state index contributed by atoms with van der Waals surface area (Å²) >= 11 is 5.54. The molecule has 0 saturated carbocycles. The summed E-state index contributed by atoms with van der Waals surface area (Å²) < 4.78 is 0. The second kappa shape index (κ2) is 17.8. The predicted octanol–water partition coefficient (Wildman–Crippen LogP) is -10.6. The van der Waals surface area contributed by atoms with E-state index in [1.807, 2.05) is 30.3 Å². The van der Waals surface area contributed by atoms with Gasteiger partial charge in [0.2, 0.25) is 0 Å². The Morgan fingerprint density at radius 1 is 0.857 bits per heavy atom. The molecule has 0 aliphatic rings. The van der Waals surface area contributed by atoms with Gasteiger partial charge in [-0.15, -0.1) is 0 Å². The van der Waals surface area contributed by atoms with Gasteiger partial charge in [-0.2, -0.15) is 0 Å². The Morgan fingerprint density at radius 2 is 1.14 bits per heavy atom. The third kappa shape index (κ3) is 23.9. The summed E-state index contributed by atoms with van der Waals surface area (Å²) in [5.74, 6) is 0. The second-order valence-electron chi connectivity index (χ2n) is 1.58. The van der Waals surface area contributed by atoms with Gasteiger partial charge >= 0.3 is 88.7 Å². The fourth-order valence-electron chi connectivity index (χ4n) is 0.415. The molecule has 0 aliphatic heterocycles. The number of hydrogen-bond donors (Lipinski definition) is 0. The van der Waals surface area contributed by atoms with Crippen molar-refractivity contribution in [3.05, 3.63) is 35.4 Å². The normalized spacial score (nSPS) is 6.29. The van der Waals surface area contributed by atoms with E-state index in [2.05, 4.69) is 0 Å². The van der Waals surface area contributed by atoms with Crippen molar-refractivity contribution in [1.82, 2.24) is 0 Å². The van der Waals surface area contributed by atoms with Crippen LogP contribution < -0.4 is 104 Å². The van der Waals surface area contributed by atoms with Crippen LogP contribution >= 0.6 is 11.6 Å². The van der Waals surface area contributed by atoms with Crippen LogP contribution in [-0.4, -0.2) is 7.32 Å². The molecule has 0 fully saturated rings. The van der Waals surface area contributed by atoms with Gasteiger partial charge in [-0.05, 0) is 12.1 Å². The maximum absolute atomic E-state index is 8.42. The van der Waals surface area contributed by atoms with E-state index in [4.69, 9.17) is 26.7 Å². The molecule has 1 aromatic carbocycles. The van der Waals surface area contributed by atoms with Crippen molar-refractivity contribution in [2.45, 2.75) is 0 Å². The Hall–Kier alpha value is 2.45. The number of rotatable bonds is 0. The zero-order valence-electron chi connectivity index (χ0n) is 8.57. The van der Waals surface area contributed by atoms with E-state index >= 15 is 0 Å². The Bertz CT molecular complexity index is 188. The molecule has 0 unspecified atom stereocenters. The van der Waals surface area contributed by atoms with Crippen LogP contribution in [0.25, 0.3) is 0 Å². The van der Waals surface area contributed by atoms with Crippen molar-refractivity contribution in [2.24, 2.45) is 0 Å². The fourth-order valence-corrected chi connectivity index (χ4v) is 0.560. The van der Waals surface area contributed by atoms with E-state index in [1.54, 1.807) is 0 Å². The van der Waals surface area contributed by atoms with Gasteiger partial charge in [-0.25, -0.2) is 0 Å². The van der Waals surface area contributed by atoms with Gasteiger partial charge in [-0.3, -0.25) is 7.32 Å². The minimum absolute atomic E-state index is 0. The molecule has 14 heavy (non-hydrogen) atoms. The topological polar surface area (TPSA) is 69.2 Å². The summed E-state index contributed by atoms with van der Waals surface area (Å²) in [5, 5.41) is 26.0. The summed E-state index contributed by atoms with van der Waals surface area (Å²) in [5.41, 5.74) is 0. The van der Waals surface area contributed by atoms with E-state index in [1.165, 1.54) is 0 Å². The van der Waals surface area contributed by atoms with Crippen LogP contribution in [0.15, 0.2) is 30.3 Å². The van der Waals surface area contributed by atoms with Crippen molar-refractivity contribution in [2.75, 3.05) is 0 Å². The SMILES string of the molecule is Clc1ccccc1.[Na+].[Na+].[Na+].[O-]B([O-])[O-]. The zero-order chi connectivity index (χ0) is 8.69. The molecule has 0 saturated heterocycles. The van der Waals surface area contributed by atoms with E-state index in [9.17, 15) is 0 Å². The van der Waals surface area contributed by atoms with Crippen molar-refractivity contribution in [3.63, 3.8) is 0 Å². The maximum Gasteiger partial charge on any atom is 1.00 e. The van der Waals surface area contributed by atoms with E-state index < -0.39 is 7.32 Å². The van der Waals surface area contributed by atoms with Crippen LogP contribution in [0.1, 0.15) is 0 Å². The summed E-state index contributed by atoms with van der Waals surface area (Å²) in [6.07, 6.45) is 0. The third-order valence-electron chi connectivity index (χ3n) is 0.733. The predicted molar refractivity (Wildman–Crippen MR) is 37.2 cm³/mol. The van der Waals surface area contributed by atoms with Gasteiger partial charge in [0.25, 0.3) is 0 Å². The first-order valence-electron chi connectivity index (χ1n) is 2.81. The summed E-state index contributed by atoms with van der Waals surface area (Å²) in [4.78, 5) is 0. The number of hydrogen-bond acceptors (Lipinski definition) is 3. The molecule has 0 heterocycles. The van der Waals surface area contributed by atoms with Gasteiger partial charge in [-0.1, -0.05) is 29.8 Å². The van der Waals surface area contributed by atoms with Crippen molar-refractivity contribution < 1.29 is 104 Å². The van der Waals surface area contributed by atoms with Crippen molar-refractivity contribution in [3.8, 4) is 0 Å². The molecule has 0 atom stereocenters. The second-order valence-corrected chi connectivity index (χ2v) is 2.02. The maximum atomic E-state index is 8.42. The van der Waals surface area contributed by atoms with Gasteiger partial charge in [0.1, 0.15) is 0 Å². The van der Waals surface area contributed by atoms with Crippen LogP contribution in [0.4, 0.5) is 0 Å². The minimum atomic E-state index is -2.92. The van der Waals surface area contributed by atoms with Gasteiger partial charge in [0.15, 0.2) is 0 Å². The van der Waals surface area contributed by atoms with Crippen molar-refractivity contribution in [1.29, 1.82) is 0 Å². The molecule has 3 nitrogen and oxygen atoms in total. The molecule has 60 valence electrons. The molecule has 1 aromatic rings. The standard InChI is InChI=1S/C6H5Cl.BO3.3Na/c7-6-4-2-1-3-5-6;2-1(3)4;;;/h1-5H;;;;/q;-3;3*+1. The largest absolute Gasteiger partial charge is 1.00 e. The van der Waals surface area contributed by atoms with Crippen molar-refractivity contribution >= 4 is 18.9 Å². The monoisotopic (exact) mass is 240 g/mol. The van der Waals surface area contributed by atoms with E-state index in [-0.39, 0.29) is 88.7 Å². The molecule has 0 aromatic heterocycles. The first kappa shape index (κ1) is 25.3. The molecule has 0 spiro atoms. The Balaban J connectivity index is -0.0000000650. The molecule has 0 amide bonds. The molecule has 8 heteroatoms. The smallest absolute Gasteiger partial charge is 0.907 e. The first-order chi connectivity index (χ1) is 5.13. The fraction of sp³-hybridized carbons (Fsp3) is 0. The van der Waals surface area contributed by atoms with Gasteiger partial charge in [0, 0.05) is 5.02 Å². The van der Waals surface area contributed by atoms with Crippen LogP contribution in [0.3, 0.4) is 0 Å². The molecule has 0 N–H and O–H groups in total. The molecule has 0 aliphatic carbocycles. The molecule has 0 radical (unpaired) electrons. The third-order valence-corrected chi connectivity index (χ3v) is 0.985. The van der Waals surface area contributed by atoms with Crippen LogP contribution in [0.5, 0.6) is 0 Å². The van der Waals surface area contributed by atoms with E-state index in [0.717, 1.165) is 5.02 Å². The quantitative estimate of drug-likeness (QED) is 0.423. The van der Waals surface area contributed by atoms with Gasteiger partial charge < -0.3 is 15.1 Å². The zero-order valence-corrected chi connectivity index (χ0v) is 15.3. The van der Waals surface area contributed by atoms with Crippen LogP contribution in [-0.2, 0) is 0 Å². The molecular formula is C6H5BClNa3O3. The Morgan fingerprint density at radius 3 is 1.29 bits per heavy atom.